The molecule has 2 heterocycles. The molecular weight excluding hydrogens is 234 g/mol. The number of aromatic nitrogens is 3. The number of nitrogens with one attached hydrogen (secondary N) is 1. The van der Waals surface area contributed by atoms with Crippen molar-refractivity contribution in [2.75, 3.05) is 0 Å². The molecule has 0 saturated heterocycles. The van der Waals surface area contributed by atoms with Crippen LogP contribution in [0, 0.1) is 0 Å². The van der Waals surface area contributed by atoms with Gasteiger partial charge in [0.25, 0.3) is 0 Å². The molecule has 0 fully saturated rings. The van der Waals surface area contributed by atoms with Gasteiger partial charge < -0.3 is 9.84 Å². The Bertz CT molecular complexity index is 571. The number of ether oxygens (including phenoxy) is 1. The average Bonchev–Trinajstić information content (AvgIpc) is 2.69. The van der Waals surface area contributed by atoms with Crippen LogP contribution in [-0.2, 0) is 9.53 Å². The summed E-state index contributed by atoms with van der Waals surface area (Å²) in [6.45, 7) is 5.22. The number of rotatable bonds is 2. The largest absolute Gasteiger partial charge is 0.458 e. The van der Waals surface area contributed by atoms with Crippen molar-refractivity contribution in [2.45, 2.75) is 32.5 Å². The molecule has 0 spiro atoms. The molecule has 2 rings (SSSR count). The van der Waals surface area contributed by atoms with E-state index in [0.29, 0.717) is 16.7 Å². The quantitative estimate of drug-likeness (QED) is 0.784. The van der Waals surface area contributed by atoms with Gasteiger partial charge in [-0.1, -0.05) is 0 Å². The van der Waals surface area contributed by atoms with Gasteiger partial charge >= 0.3 is 5.97 Å². The molecule has 0 bridgehead atoms. The van der Waals surface area contributed by atoms with Gasteiger partial charge in [-0.25, -0.2) is 9.78 Å². The summed E-state index contributed by atoms with van der Waals surface area (Å²) in [5.41, 5.74) is 0.106. The van der Waals surface area contributed by atoms with Gasteiger partial charge in [0.15, 0.2) is 11.8 Å². The van der Waals surface area contributed by atoms with Crippen molar-refractivity contribution in [2.24, 2.45) is 0 Å². The molecule has 96 valence electrons. The Kier molecular flexibility index (Phi) is 3.04. The van der Waals surface area contributed by atoms with Crippen LogP contribution < -0.4 is 0 Å². The lowest BCUT2D eigenvalue weighted by Gasteiger charge is -2.21. The van der Waals surface area contributed by atoms with E-state index in [2.05, 4.69) is 15.2 Å². The van der Waals surface area contributed by atoms with Gasteiger partial charge in [-0.15, -0.1) is 0 Å². The van der Waals surface area contributed by atoms with Gasteiger partial charge in [0, 0.05) is 11.6 Å². The zero-order chi connectivity index (χ0) is 13.3. The summed E-state index contributed by atoms with van der Waals surface area (Å²) in [6.07, 6.45) is 0.200. The fraction of sp³-hybridized carbons (Fsp3) is 0.417. The summed E-state index contributed by atoms with van der Waals surface area (Å²) in [5.74, 6) is -0.711. The van der Waals surface area contributed by atoms with E-state index >= 15 is 0 Å². The number of carbonyl (C=O) groups excluding carboxylic acids is 1. The molecule has 0 saturated carbocycles. The minimum Gasteiger partial charge on any atom is -0.458 e. The van der Waals surface area contributed by atoms with Crippen LogP contribution in [0.25, 0.3) is 11.0 Å². The van der Waals surface area contributed by atoms with Crippen LogP contribution in [0.5, 0.6) is 0 Å². The Morgan fingerprint density at radius 2 is 2.22 bits per heavy atom. The van der Waals surface area contributed by atoms with Crippen LogP contribution >= 0.6 is 0 Å². The van der Waals surface area contributed by atoms with Crippen molar-refractivity contribution >= 4 is 17.0 Å². The second kappa shape index (κ2) is 4.38. The smallest absolute Gasteiger partial charge is 0.341 e. The van der Waals surface area contributed by atoms with E-state index in [1.165, 1.54) is 0 Å². The molecule has 2 N–H and O–H groups in total. The first-order valence-electron chi connectivity index (χ1n) is 5.58. The Morgan fingerprint density at radius 1 is 1.50 bits per heavy atom. The molecule has 0 radical (unpaired) electrons. The third-order valence-electron chi connectivity index (χ3n) is 2.26. The Morgan fingerprint density at radius 3 is 2.89 bits per heavy atom. The predicted octanol–water partition coefficient (Wildman–Crippen LogP) is 1.33. The van der Waals surface area contributed by atoms with E-state index in [1.54, 1.807) is 39.1 Å². The number of aromatic amines is 1. The van der Waals surface area contributed by atoms with Gasteiger partial charge in [-0.2, -0.15) is 5.10 Å². The van der Waals surface area contributed by atoms with Crippen molar-refractivity contribution in [3.05, 3.63) is 24.0 Å². The molecular formula is C12H15N3O3. The zero-order valence-electron chi connectivity index (χ0n) is 10.5. The van der Waals surface area contributed by atoms with Crippen LogP contribution in [-0.4, -0.2) is 31.9 Å². The zero-order valence-corrected chi connectivity index (χ0v) is 10.5. The van der Waals surface area contributed by atoms with Crippen molar-refractivity contribution in [3.8, 4) is 0 Å². The van der Waals surface area contributed by atoms with Crippen molar-refractivity contribution < 1.29 is 14.6 Å². The Labute approximate surface area is 104 Å². The van der Waals surface area contributed by atoms with E-state index in [9.17, 15) is 9.90 Å². The SMILES string of the molecule is CC(C)(C)OC(=O)[C@H](O)c1[nH]nc2ncccc12. The molecule has 18 heavy (non-hydrogen) atoms. The van der Waals surface area contributed by atoms with Gasteiger partial charge in [-0.05, 0) is 32.9 Å². The molecule has 0 aliphatic rings. The van der Waals surface area contributed by atoms with Crippen LogP contribution in [0.4, 0.5) is 0 Å². The molecule has 2 aromatic rings. The van der Waals surface area contributed by atoms with Gasteiger partial charge in [-0.3, -0.25) is 5.10 Å². The molecule has 0 aromatic carbocycles. The second-order valence-corrected chi connectivity index (χ2v) is 4.95. The summed E-state index contributed by atoms with van der Waals surface area (Å²) in [7, 11) is 0. The number of aliphatic hydroxyl groups excluding tert-OH is 1. The number of nitrogens with zero attached hydrogens (tertiary/aromatic N) is 2. The molecule has 6 nitrogen and oxygen atoms in total. The normalized spacial score (nSPS) is 13.6. The summed E-state index contributed by atoms with van der Waals surface area (Å²) in [6, 6.07) is 3.44. The molecule has 0 aliphatic carbocycles. The number of H-pyrrole nitrogens is 1. The topological polar surface area (TPSA) is 88.1 Å². The highest BCUT2D eigenvalue weighted by atomic mass is 16.6. The minimum atomic E-state index is -1.39. The van der Waals surface area contributed by atoms with E-state index < -0.39 is 17.7 Å². The van der Waals surface area contributed by atoms with Crippen LogP contribution in [0.2, 0.25) is 0 Å². The first kappa shape index (κ1) is 12.5. The standard InChI is InChI=1S/C12H15N3O3/c1-12(2,3)18-11(17)9(16)8-7-5-4-6-13-10(7)15-14-8/h4-6,9,16H,1-3H3,(H,13,14,15)/t9-/m1/s1. The highest BCUT2D eigenvalue weighted by molar-refractivity contribution is 5.85. The van der Waals surface area contributed by atoms with Crippen molar-refractivity contribution in [3.63, 3.8) is 0 Å². The highest BCUT2D eigenvalue weighted by Gasteiger charge is 2.27. The fourth-order valence-corrected chi connectivity index (χ4v) is 1.55. The van der Waals surface area contributed by atoms with Gasteiger partial charge in [0.05, 0.1) is 5.69 Å². The maximum Gasteiger partial charge on any atom is 0.341 e. The first-order chi connectivity index (χ1) is 8.38. The lowest BCUT2D eigenvalue weighted by atomic mass is 10.1. The van der Waals surface area contributed by atoms with E-state index in [4.69, 9.17) is 4.74 Å². The Balaban J connectivity index is 2.28. The lowest BCUT2D eigenvalue weighted by molar-refractivity contribution is -0.165. The van der Waals surface area contributed by atoms with E-state index in [1.807, 2.05) is 0 Å². The number of esters is 1. The van der Waals surface area contributed by atoms with Gasteiger partial charge in [0.1, 0.15) is 5.60 Å². The van der Waals surface area contributed by atoms with E-state index in [-0.39, 0.29) is 0 Å². The number of hydrogen-bond donors (Lipinski definition) is 2. The summed E-state index contributed by atoms with van der Waals surface area (Å²) in [5, 5.41) is 17.1. The van der Waals surface area contributed by atoms with E-state index in [0.717, 1.165) is 0 Å². The first-order valence-corrected chi connectivity index (χ1v) is 5.58. The number of fused-ring (bicyclic) bond motifs is 1. The summed E-state index contributed by atoms with van der Waals surface area (Å²) < 4.78 is 5.12. The molecule has 0 aliphatic heterocycles. The van der Waals surface area contributed by atoms with Crippen molar-refractivity contribution in [1.82, 2.24) is 15.2 Å². The van der Waals surface area contributed by atoms with Crippen LogP contribution in [0.15, 0.2) is 18.3 Å². The number of hydrogen-bond acceptors (Lipinski definition) is 5. The molecule has 0 amide bonds. The molecule has 2 aromatic heterocycles. The maximum atomic E-state index is 11.8. The third-order valence-corrected chi connectivity index (χ3v) is 2.26. The third kappa shape index (κ3) is 2.48. The summed E-state index contributed by atoms with van der Waals surface area (Å²) in [4.78, 5) is 15.8. The summed E-state index contributed by atoms with van der Waals surface area (Å²) >= 11 is 0. The average molecular weight is 249 g/mol. The van der Waals surface area contributed by atoms with Crippen LogP contribution in [0.3, 0.4) is 0 Å². The lowest BCUT2D eigenvalue weighted by Crippen LogP contribution is -2.28. The predicted molar refractivity (Wildman–Crippen MR) is 64.7 cm³/mol. The molecule has 6 heteroatoms. The van der Waals surface area contributed by atoms with Gasteiger partial charge in [0.2, 0.25) is 0 Å². The molecule has 1 atom stereocenters. The second-order valence-electron chi connectivity index (χ2n) is 4.95. The minimum absolute atomic E-state index is 0.298. The maximum absolute atomic E-state index is 11.8. The highest BCUT2D eigenvalue weighted by Crippen LogP contribution is 2.22. The number of aliphatic hydroxyl groups is 1. The molecule has 0 unspecified atom stereocenters. The fourth-order valence-electron chi connectivity index (χ4n) is 1.55. The number of carbonyl (C=O) groups is 1. The Hall–Kier alpha value is -1.95. The van der Waals surface area contributed by atoms with Crippen molar-refractivity contribution in [1.29, 1.82) is 0 Å². The monoisotopic (exact) mass is 249 g/mol. The number of pyridine rings is 1. The van der Waals surface area contributed by atoms with Crippen LogP contribution in [0.1, 0.15) is 32.6 Å².